The number of nitrogens with zero attached hydrogens (tertiary/aromatic N) is 1. The first kappa shape index (κ1) is 23.5. The molecule has 0 spiro atoms. The molecule has 0 saturated heterocycles. The summed E-state index contributed by atoms with van der Waals surface area (Å²) in [5, 5.41) is 9.06. The van der Waals surface area contributed by atoms with Crippen LogP contribution in [0.25, 0.3) is 0 Å². The molecule has 35 heavy (non-hydrogen) atoms. The van der Waals surface area contributed by atoms with Gasteiger partial charge in [-0.1, -0.05) is 18.2 Å². The molecule has 0 atom stereocenters. The van der Waals surface area contributed by atoms with Crippen molar-refractivity contribution in [1.29, 1.82) is 0 Å². The number of hydrogen-bond donors (Lipinski definition) is 1. The number of carboxylic acid groups (broad SMARTS) is 1. The standard InChI is InChI=1S/C28H26BrNO5/c1-30-20-4-2-6-22(31)26(20)25(27-21(30)5-3-7-23(27)32)18-12-13-24(19(29)14-18)35-15-16-8-10-17(11-9-16)28(33)34/h8-14,25H,2-7,15H2,1H3,(H,33,34). The number of Topliss-reactive ketones (excluding diaryl/α,β-unsaturated/α-hetero) is 2. The highest BCUT2D eigenvalue weighted by molar-refractivity contribution is 9.10. The van der Waals surface area contributed by atoms with Crippen LogP contribution in [0, 0.1) is 0 Å². The molecule has 1 aliphatic heterocycles. The Hall–Kier alpha value is -3.19. The summed E-state index contributed by atoms with van der Waals surface area (Å²) >= 11 is 3.62. The molecule has 5 rings (SSSR count). The average Bonchev–Trinajstić information content (AvgIpc) is 2.85. The van der Waals surface area contributed by atoms with E-state index in [2.05, 4.69) is 20.8 Å². The van der Waals surface area contributed by atoms with E-state index in [9.17, 15) is 14.4 Å². The smallest absolute Gasteiger partial charge is 0.335 e. The highest BCUT2D eigenvalue weighted by Crippen LogP contribution is 2.49. The summed E-state index contributed by atoms with van der Waals surface area (Å²) < 4.78 is 6.72. The van der Waals surface area contributed by atoms with Gasteiger partial charge in [0.15, 0.2) is 11.6 Å². The molecule has 0 fully saturated rings. The Balaban J connectivity index is 1.46. The van der Waals surface area contributed by atoms with E-state index in [1.165, 1.54) is 0 Å². The first-order valence-corrected chi connectivity index (χ1v) is 12.6. The fraction of sp³-hybridized carbons (Fsp3) is 0.321. The largest absolute Gasteiger partial charge is 0.488 e. The van der Waals surface area contributed by atoms with E-state index in [4.69, 9.17) is 9.84 Å². The summed E-state index contributed by atoms with van der Waals surface area (Å²) in [5.74, 6) is -0.402. The molecule has 1 heterocycles. The Kier molecular flexibility index (Phi) is 6.36. The quantitative estimate of drug-likeness (QED) is 0.523. The first-order chi connectivity index (χ1) is 16.8. The van der Waals surface area contributed by atoms with Crippen molar-refractivity contribution in [3.05, 3.63) is 86.2 Å². The average molecular weight is 536 g/mol. The van der Waals surface area contributed by atoms with Crippen molar-refractivity contribution in [3.8, 4) is 5.75 Å². The number of benzene rings is 2. The van der Waals surface area contributed by atoms with E-state index >= 15 is 0 Å². The van der Waals surface area contributed by atoms with Crippen LogP contribution in [0.3, 0.4) is 0 Å². The molecule has 3 aliphatic rings. The zero-order chi connectivity index (χ0) is 24.7. The topological polar surface area (TPSA) is 83.9 Å². The Labute approximate surface area is 212 Å². The van der Waals surface area contributed by atoms with E-state index < -0.39 is 5.97 Å². The normalized spacial score (nSPS) is 18.5. The Morgan fingerprint density at radius 3 is 2.11 bits per heavy atom. The highest BCUT2D eigenvalue weighted by Gasteiger charge is 2.42. The number of ketones is 2. The van der Waals surface area contributed by atoms with Crippen LogP contribution in [0.1, 0.15) is 65.9 Å². The van der Waals surface area contributed by atoms with Gasteiger partial charge < -0.3 is 14.7 Å². The second kappa shape index (κ2) is 9.46. The molecule has 2 aromatic carbocycles. The Morgan fingerprint density at radius 2 is 1.57 bits per heavy atom. The van der Waals surface area contributed by atoms with Crippen LogP contribution in [0.5, 0.6) is 5.75 Å². The second-order valence-electron chi connectivity index (χ2n) is 9.25. The van der Waals surface area contributed by atoms with E-state index in [1.54, 1.807) is 24.3 Å². The maximum Gasteiger partial charge on any atom is 0.335 e. The molecule has 2 aromatic rings. The molecule has 0 radical (unpaired) electrons. The molecule has 6 nitrogen and oxygen atoms in total. The summed E-state index contributed by atoms with van der Waals surface area (Å²) in [7, 11) is 1.99. The number of ether oxygens (including phenoxy) is 1. The number of carbonyl (C=O) groups excluding carboxylic acids is 2. The number of halogens is 1. The Bertz CT molecular complexity index is 1250. The van der Waals surface area contributed by atoms with Gasteiger partial charge in [0.05, 0.1) is 10.0 Å². The van der Waals surface area contributed by atoms with Crippen molar-refractivity contribution in [2.75, 3.05) is 7.05 Å². The van der Waals surface area contributed by atoms with Gasteiger partial charge in [-0.2, -0.15) is 0 Å². The first-order valence-electron chi connectivity index (χ1n) is 11.9. The molecule has 1 N–H and O–H groups in total. The predicted molar refractivity (Wildman–Crippen MR) is 134 cm³/mol. The molecule has 0 unspecified atom stereocenters. The summed E-state index contributed by atoms with van der Waals surface area (Å²) in [5.41, 5.74) is 5.65. The van der Waals surface area contributed by atoms with Crippen LogP contribution in [0.15, 0.2) is 69.5 Å². The van der Waals surface area contributed by atoms with Crippen LogP contribution in [-0.2, 0) is 16.2 Å². The monoisotopic (exact) mass is 535 g/mol. The van der Waals surface area contributed by atoms with Gasteiger partial charge in [0.1, 0.15) is 12.4 Å². The van der Waals surface area contributed by atoms with Gasteiger partial charge in [-0.15, -0.1) is 0 Å². The van der Waals surface area contributed by atoms with Crippen molar-refractivity contribution in [1.82, 2.24) is 4.90 Å². The summed E-state index contributed by atoms with van der Waals surface area (Å²) in [6.45, 7) is 0.285. The zero-order valence-electron chi connectivity index (χ0n) is 19.5. The summed E-state index contributed by atoms with van der Waals surface area (Å²) in [6, 6.07) is 12.3. The van der Waals surface area contributed by atoms with Gasteiger partial charge in [-0.25, -0.2) is 4.79 Å². The van der Waals surface area contributed by atoms with Gasteiger partial charge in [0, 0.05) is 48.3 Å². The minimum atomic E-state index is -0.964. The molecule has 0 amide bonds. The third-order valence-corrected chi connectivity index (χ3v) is 7.75. The van der Waals surface area contributed by atoms with Gasteiger partial charge >= 0.3 is 5.97 Å². The molecule has 0 bridgehead atoms. The molecule has 0 aromatic heterocycles. The summed E-state index contributed by atoms with van der Waals surface area (Å²) in [4.78, 5) is 39.4. The lowest BCUT2D eigenvalue weighted by atomic mass is 9.71. The number of carboxylic acids is 1. The highest BCUT2D eigenvalue weighted by atomic mass is 79.9. The van der Waals surface area contributed by atoms with Crippen LogP contribution in [0.2, 0.25) is 0 Å². The lowest BCUT2D eigenvalue weighted by molar-refractivity contribution is -0.117. The third-order valence-electron chi connectivity index (χ3n) is 7.13. The molecular weight excluding hydrogens is 510 g/mol. The van der Waals surface area contributed by atoms with Crippen LogP contribution in [-0.4, -0.2) is 34.6 Å². The van der Waals surface area contributed by atoms with Crippen molar-refractivity contribution in [3.63, 3.8) is 0 Å². The van der Waals surface area contributed by atoms with Crippen LogP contribution in [0.4, 0.5) is 0 Å². The zero-order valence-corrected chi connectivity index (χ0v) is 21.1. The number of hydrogen-bond acceptors (Lipinski definition) is 5. The SMILES string of the molecule is CN1C2=C(C(=O)CCC2)C(c2ccc(OCc3ccc(C(=O)O)cc3)c(Br)c2)C2=C1CCCC2=O. The fourth-order valence-electron chi connectivity index (χ4n) is 5.40. The molecule has 2 aliphatic carbocycles. The van der Waals surface area contributed by atoms with E-state index in [-0.39, 0.29) is 29.7 Å². The molecular formula is C28H26BrNO5. The second-order valence-corrected chi connectivity index (χ2v) is 10.1. The van der Waals surface area contributed by atoms with Gasteiger partial charge in [0.2, 0.25) is 0 Å². The minimum Gasteiger partial charge on any atom is -0.488 e. The Morgan fingerprint density at radius 1 is 0.971 bits per heavy atom. The third kappa shape index (κ3) is 4.33. The van der Waals surface area contributed by atoms with Crippen molar-refractivity contribution >= 4 is 33.5 Å². The summed E-state index contributed by atoms with van der Waals surface area (Å²) in [6.07, 6.45) is 4.42. The lowest BCUT2D eigenvalue weighted by Crippen LogP contribution is -2.37. The maximum absolute atomic E-state index is 13.1. The predicted octanol–water partition coefficient (Wildman–Crippen LogP) is 5.77. The lowest BCUT2D eigenvalue weighted by Gasteiger charge is -2.42. The van der Waals surface area contributed by atoms with Gasteiger partial charge in [0.25, 0.3) is 0 Å². The van der Waals surface area contributed by atoms with Gasteiger partial charge in [-0.05, 0) is 77.0 Å². The molecule has 7 heteroatoms. The molecule has 0 saturated carbocycles. The van der Waals surface area contributed by atoms with E-state index in [0.29, 0.717) is 18.6 Å². The van der Waals surface area contributed by atoms with Crippen LogP contribution < -0.4 is 4.74 Å². The van der Waals surface area contributed by atoms with Gasteiger partial charge in [-0.3, -0.25) is 9.59 Å². The van der Waals surface area contributed by atoms with E-state index in [1.807, 2.05) is 25.2 Å². The molecule has 180 valence electrons. The number of carbonyl (C=O) groups is 3. The van der Waals surface area contributed by atoms with Crippen molar-refractivity contribution in [2.24, 2.45) is 0 Å². The fourth-order valence-corrected chi connectivity index (χ4v) is 5.92. The number of rotatable bonds is 5. The minimum absolute atomic E-state index is 0.134. The number of aromatic carboxylic acids is 1. The number of allylic oxidation sites excluding steroid dienone is 4. The van der Waals surface area contributed by atoms with Crippen LogP contribution >= 0.6 is 15.9 Å². The van der Waals surface area contributed by atoms with Crippen molar-refractivity contribution in [2.45, 2.75) is 51.0 Å². The van der Waals surface area contributed by atoms with E-state index in [0.717, 1.165) is 63.8 Å². The van der Waals surface area contributed by atoms with Crippen molar-refractivity contribution < 1.29 is 24.2 Å². The maximum atomic E-state index is 13.1.